The van der Waals surface area contributed by atoms with Crippen LogP contribution in [0.4, 0.5) is 0 Å². The Hall–Kier alpha value is -2.19. The standard InChI is InChI=1S/C18H20N4S/c1-11(2)12-6-8-13(9-7-12)15-14(10-19)22-17(20-15)23-16(21-22)18(3,4)5/h6-9,11H,1-5H3. The fourth-order valence-corrected chi connectivity index (χ4v) is 3.34. The van der Waals surface area contributed by atoms with Gasteiger partial charge in [0.05, 0.1) is 0 Å². The Morgan fingerprint density at radius 2 is 1.83 bits per heavy atom. The fourth-order valence-electron chi connectivity index (χ4n) is 2.38. The summed E-state index contributed by atoms with van der Waals surface area (Å²) in [5.74, 6) is 0.487. The first-order valence-electron chi connectivity index (χ1n) is 7.71. The van der Waals surface area contributed by atoms with E-state index in [1.807, 2.05) is 12.1 Å². The summed E-state index contributed by atoms with van der Waals surface area (Å²) in [4.78, 5) is 5.43. The van der Waals surface area contributed by atoms with E-state index in [-0.39, 0.29) is 5.41 Å². The number of fused-ring (bicyclic) bond motifs is 1. The highest BCUT2D eigenvalue weighted by Crippen LogP contribution is 2.31. The summed E-state index contributed by atoms with van der Waals surface area (Å²) in [6.45, 7) is 10.7. The maximum absolute atomic E-state index is 9.58. The fraction of sp³-hybridized carbons (Fsp3) is 0.389. The summed E-state index contributed by atoms with van der Waals surface area (Å²) >= 11 is 1.55. The molecule has 0 atom stereocenters. The highest BCUT2D eigenvalue weighted by molar-refractivity contribution is 7.16. The first-order chi connectivity index (χ1) is 10.8. The molecule has 118 valence electrons. The lowest BCUT2D eigenvalue weighted by Crippen LogP contribution is -2.11. The molecule has 0 saturated carbocycles. The van der Waals surface area contributed by atoms with E-state index >= 15 is 0 Å². The van der Waals surface area contributed by atoms with Crippen molar-refractivity contribution in [2.75, 3.05) is 0 Å². The van der Waals surface area contributed by atoms with Crippen molar-refractivity contribution in [2.45, 2.75) is 46.0 Å². The average Bonchev–Trinajstić information content (AvgIpc) is 3.04. The molecule has 2 heterocycles. The van der Waals surface area contributed by atoms with E-state index in [0.717, 1.165) is 15.5 Å². The quantitative estimate of drug-likeness (QED) is 0.683. The third-order valence-electron chi connectivity index (χ3n) is 3.80. The highest BCUT2D eigenvalue weighted by atomic mass is 32.1. The molecular formula is C18H20N4S. The van der Waals surface area contributed by atoms with Crippen LogP contribution in [0.15, 0.2) is 24.3 Å². The molecule has 5 heteroatoms. The summed E-state index contributed by atoms with van der Waals surface area (Å²) in [5.41, 5.74) is 3.41. The van der Waals surface area contributed by atoms with Gasteiger partial charge in [0, 0.05) is 11.0 Å². The monoisotopic (exact) mass is 324 g/mol. The van der Waals surface area contributed by atoms with Crippen LogP contribution in [0, 0.1) is 11.3 Å². The SMILES string of the molecule is CC(C)c1ccc(-c2nc3sc(C(C)(C)C)nn3c2C#N)cc1. The predicted molar refractivity (Wildman–Crippen MR) is 93.8 cm³/mol. The van der Waals surface area contributed by atoms with Crippen molar-refractivity contribution >= 4 is 16.3 Å². The minimum Gasteiger partial charge on any atom is -0.216 e. The van der Waals surface area contributed by atoms with E-state index in [9.17, 15) is 5.26 Å². The zero-order valence-corrected chi connectivity index (χ0v) is 14.9. The number of aromatic nitrogens is 3. The molecule has 0 saturated heterocycles. The van der Waals surface area contributed by atoms with Gasteiger partial charge in [-0.15, -0.1) is 0 Å². The lowest BCUT2D eigenvalue weighted by Gasteiger charge is -2.12. The van der Waals surface area contributed by atoms with Crippen LogP contribution in [-0.2, 0) is 5.41 Å². The van der Waals surface area contributed by atoms with Crippen molar-refractivity contribution in [3.63, 3.8) is 0 Å². The highest BCUT2D eigenvalue weighted by Gasteiger charge is 2.23. The molecule has 2 aromatic heterocycles. The number of nitrogens with zero attached hydrogens (tertiary/aromatic N) is 4. The zero-order chi connectivity index (χ0) is 16.8. The Morgan fingerprint density at radius 1 is 1.17 bits per heavy atom. The smallest absolute Gasteiger partial charge is 0.214 e. The van der Waals surface area contributed by atoms with E-state index in [4.69, 9.17) is 0 Å². The van der Waals surface area contributed by atoms with Gasteiger partial charge in [-0.3, -0.25) is 0 Å². The number of nitriles is 1. The van der Waals surface area contributed by atoms with Gasteiger partial charge in [0.25, 0.3) is 0 Å². The van der Waals surface area contributed by atoms with E-state index in [1.165, 1.54) is 5.56 Å². The van der Waals surface area contributed by atoms with Crippen molar-refractivity contribution in [1.29, 1.82) is 5.26 Å². The van der Waals surface area contributed by atoms with Crippen LogP contribution in [0.1, 0.15) is 56.8 Å². The van der Waals surface area contributed by atoms with E-state index < -0.39 is 0 Å². The van der Waals surface area contributed by atoms with Crippen molar-refractivity contribution in [3.05, 3.63) is 40.5 Å². The number of benzene rings is 1. The molecule has 0 radical (unpaired) electrons. The first-order valence-corrected chi connectivity index (χ1v) is 8.53. The predicted octanol–water partition coefficient (Wildman–Crippen LogP) is 4.75. The third-order valence-corrected chi connectivity index (χ3v) is 5.14. The minimum atomic E-state index is -0.0445. The summed E-state index contributed by atoms with van der Waals surface area (Å²) in [7, 11) is 0. The summed E-state index contributed by atoms with van der Waals surface area (Å²) in [6.07, 6.45) is 0. The van der Waals surface area contributed by atoms with Gasteiger partial charge in [0.2, 0.25) is 4.96 Å². The lowest BCUT2D eigenvalue weighted by molar-refractivity contribution is 0.573. The maximum atomic E-state index is 9.58. The van der Waals surface area contributed by atoms with E-state index in [2.05, 4.69) is 62.9 Å². The van der Waals surface area contributed by atoms with E-state index in [0.29, 0.717) is 17.3 Å². The van der Waals surface area contributed by atoms with Crippen LogP contribution in [-0.4, -0.2) is 14.6 Å². The summed E-state index contributed by atoms with van der Waals surface area (Å²) in [6, 6.07) is 10.5. The largest absolute Gasteiger partial charge is 0.216 e. The van der Waals surface area contributed by atoms with Gasteiger partial charge in [0.15, 0.2) is 5.69 Å². The summed E-state index contributed by atoms with van der Waals surface area (Å²) in [5, 5.41) is 15.2. The van der Waals surface area contributed by atoms with Gasteiger partial charge < -0.3 is 0 Å². The Kier molecular flexibility index (Phi) is 3.73. The van der Waals surface area contributed by atoms with Crippen LogP contribution < -0.4 is 0 Å². The Morgan fingerprint density at radius 3 is 2.35 bits per heavy atom. The lowest BCUT2D eigenvalue weighted by atomic mass is 9.98. The van der Waals surface area contributed by atoms with Crippen LogP contribution in [0.5, 0.6) is 0 Å². The zero-order valence-electron chi connectivity index (χ0n) is 14.1. The molecule has 4 nitrogen and oxygen atoms in total. The molecule has 1 aromatic carbocycles. The molecule has 0 spiro atoms. The van der Waals surface area contributed by atoms with Gasteiger partial charge in [-0.1, -0.05) is 70.2 Å². The maximum Gasteiger partial charge on any atom is 0.214 e. The molecule has 0 aliphatic rings. The number of rotatable bonds is 2. The molecule has 3 rings (SSSR count). The molecule has 23 heavy (non-hydrogen) atoms. The van der Waals surface area contributed by atoms with Gasteiger partial charge >= 0.3 is 0 Å². The van der Waals surface area contributed by atoms with E-state index in [1.54, 1.807) is 15.9 Å². The number of imidazole rings is 1. The van der Waals surface area contributed by atoms with Crippen LogP contribution in [0.2, 0.25) is 0 Å². The second-order valence-corrected chi connectivity index (χ2v) is 8.01. The topological polar surface area (TPSA) is 54.0 Å². The number of hydrogen-bond acceptors (Lipinski definition) is 4. The van der Waals surface area contributed by atoms with Gasteiger partial charge in [-0.25, -0.2) is 4.98 Å². The second kappa shape index (κ2) is 5.47. The van der Waals surface area contributed by atoms with Gasteiger partial charge in [-0.2, -0.15) is 14.9 Å². The Labute approximate surface area is 140 Å². The number of hydrogen-bond donors (Lipinski definition) is 0. The minimum absolute atomic E-state index is 0.0445. The van der Waals surface area contributed by atoms with Crippen LogP contribution >= 0.6 is 11.3 Å². The molecule has 0 aliphatic carbocycles. The third kappa shape index (κ3) is 2.75. The first kappa shape index (κ1) is 15.7. The molecule has 0 fully saturated rings. The van der Waals surface area contributed by atoms with Gasteiger partial charge in [-0.05, 0) is 11.5 Å². The average molecular weight is 324 g/mol. The van der Waals surface area contributed by atoms with Crippen molar-refractivity contribution in [1.82, 2.24) is 14.6 Å². The Balaban J connectivity index is 2.11. The normalized spacial score (nSPS) is 12.0. The van der Waals surface area contributed by atoms with Crippen LogP contribution in [0.3, 0.4) is 0 Å². The molecule has 0 aliphatic heterocycles. The van der Waals surface area contributed by atoms with Crippen molar-refractivity contribution < 1.29 is 0 Å². The summed E-state index contributed by atoms with van der Waals surface area (Å²) < 4.78 is 1.68. The molecule has 0 amide bonds. The molecular weight excluding hydrogens is 304 g/mol. The van der Waals surface area contributed by atoms with Crippen LogP contribution in [0.25, 0.3) is 16.2 Å². The van der Waals surface area contributed by atoms with Crippen molar-refractivity contribution in [3.8, 4) is 17.3 Å². The molecule has 0 bridgehead atoms. The second-order valence-electron chi connectivity index (χ2n) is 7.05. The Bertz CT molecular complexity index is 886. The van der Waals surface area contributed by atoms with Crippen molar-refractivity contribution in [2.24, 2.45) is 0 Å². The molecule has 0 N–H and O–H groups in total. The molecule has 3 aromatic rings. The molecule has 0 unspecified atom stereocenters. The van der Waals surface area contributed by atoms with Gasteiger partial charge in [0.1, 0.15) is 16.8 Å².